The number of para-hydroxylation sites is 2. The number of allylic oxidation sites excluding steroid dienone is 3. The molecule has 26 heavy (non-hydrogen) atoms. The summed E-state index contributed by atoms with van der Waals surface area (Å²) in [5.41, 5.74) is 5.98. The molecule has 5 rings (SSSR count). The molecule has 4 aromatic rings. The third kappa shape index (κ3) is 2.51. The molecule has 0 aliphatic heterocycles. The van der Waals surface area contributed by atoms with E-state index in [-0.39, 0.29) is 0 Å². The number of nitrogens with one attached hydrogen (secondary N) is 1. The van der Waals surface area contributed by atoms with Gasteiger partial charge in [-0.25, -0.2) is 0 Å². The van der Waals surface area contributed by atoms with Gasteiger partial charge >= 0.3 is 0 Å². The Morgan fingerprint density at radius 1 is 0.731 bits per heavy atom. The first-order valence-electron chi connectivity index (χ1n) is 9.12. The molecule has 0 saturated carbocycles. The standard InChI is InChI=1S/C24H20N2/c1-3-9-18(10-4-1)25-19-15-16-24-22(17-19)21-13-7-8-14-23(21)26(24)20-11-5-2-6-12-20/h2-3,5-17,25H,1,4H2. The molecular weight excluding hydrogens is 316 g/mol. The van der Waals surface area contributed by atoms with Crippen LogP contribution in [0.1, 0.15) is 12.8 Å². The zero-order valence-electron chi connectivity index (χ0n) is 14.5. The molecule has 1 aliphatic carbocycles. The minimum atomic E-state index is 1.11. The fraction of sp³-hybridized carbons (Fsp3) is 0.0833. The van der Waals surface area contributed by atoms with E-state index in [4.69, 9.17) is 0 Å². The normalized spacial score (nSPS) is 13.9. The molecule has 1 heterocycles. The largest absolute Gasteiger partial charge is 0.356 e. The zero-order chi connectivity index (χ0) is 17.3. The van der Waals surface area contributed by atoms with Crippen LogP contribution in [0.5, 0.6) is 0 Å². The third-order valence-electron chi connectivity index (χ3n) is 4.97. The first-order valence-corrected chi connectivity index (χ1v) is 9.12. The van der Waals surface area contributed by atoms with Crippen molar-refractivity contribution in [1.82, 2.24) is 4.57 Å². The summed E-state index contributed by atoms with van der Waals surface area (Å²) in [4.78, 5) is 0. The van der Waals surface area contributed by atoms with Gasteiger partial charge in [-0.1, -0.05) is 48.6 Å². The number of hydrogen-bond acceptors (Lipinski definition) is 1. The third-order valence-corrected chi connectivity index (χ3v) is 4.97. The zero-order valence-corrected chi connectivity index (χ0v) is 14.5. The summed E-state index contributed by atoms with van der Waals surface area (Å²) in [5.74, 6) is 0. The number of aromatic nitrogens is 1. The first kappa shape index (κ1) is 15.0. The number of anilines is 1. The monoisotopic (exact) mass is 336 g/mol. The number of fused-ring (bicyclic) bond motifs is 3. The lowest BCUT2D eigenvalue weighted by Crippen LogP contribution is -1.99. The minimum absolute atomic E-state index is 1.11. The van der Waals surface area contributed by atoms with Crippen LogP contribution in [0.15, 0.2) is 96.7 Å². The molecule has 0 unspecified atom stereocenters. The summed E-state index contributed by atoms with van der Waals surface area (Å²) >= 11 is 0. The van der Waals surface area contributed by atoms with Gasteiger partial charge in [-0.15, -0.1) is 0 Å². The van der Waals surface area contributed by atoms with Gasteiger partial charge in [0.25, 0.3) is 0 Å². The van der Waals surface area contributed by atoms with Crippen LogP contribution in [0.3, 0.4) is 0 Å². The molecule has 0 spiro atoms. The molecule has 1 aromatic heterocycles. The molecule has 1 N–H and O–H groups in total. The van der Waals surface area contributed by atoms with E-state index in [0.717, 1.165) is 18.5 Å². The Labute approximate surface area is 153 Å². The Balaban J connectivity index is 1.70. The topological polar surface area (TPSA) is 17.0 Å². The molecular formula is C24H20N2. The van der Waals surface area contributed by atoms with Crippen molar-refractivity contribution < 1.29 is 0 Å². The molecule has 0 saturated heterocycles. The fourth-order valence-corrected chi connectivity index (χ4v) is 3.78. The Kier molecular flexibility index (Phi) is 3.60. The first-order chi connectivity index (χ1) is 12.9. The van der Waals surface area contributed by atoms with Crippen LogP contribution in [0, 0.1) is 0 Å². The quantitative estimate of drug-likeness (QED) is 0.456. The molecule has 126 valence electrons. The van der Waals surface area contributed by atoms with E-state index >= 15 is 0 Å². The average Bonchev–Trinajstić information content (AvgIpc) is 3.03. The van der Waals surface area contributed by atoms with E-state index in [1.165, 1.54) is 33.2 Å². The maximum atomic E-state index is 3.55. The second kappa shape index (κ2) is 6.23. The Bertz CT molecular complexity index is 1150. The van der Waals surface area contributed by atoms with E-state index in [1.807, 2.05) is 0 Å². The molecule has 0 amide bonds. The molecule has 0 radical (unpaired) electrons. The second-order valence-electron chi connectivity index (χ2n) is 6.68. The van der Waals surface area contributed by atoms with Gasteiger partial charge in [0.1, 0.15) is 0 Å². The van der Waals surface area contributed by atoms with Crippen LogP contribution in [0.25, 0.3) is 27.5 Å². The Hall–Kier alpha value is -3.26. The van der Waals surface area contributed by atoms with Crippen molar-refractivity contribution in [2.24, 2.45) is 0 Å². The molecule has 1 aliphatic rings. The number of benzene rings is 3. The van der Waals surface area contributed by atoms with Gasteiger partial charge in [-0.3, -0.25) is 0 Å². The van der Waals surface area contributed by atoms with E-state index in [0.29, 0.717) is 0 Å². The van der Waals surface area contributed by atoms with Crippen LogP contribution < -0.4 is 5.32 Å². The Morgan fingerprint density at radius 3 is 2.38 bits per heavy atom. The van der Waals surface area contributed by atoms with E-state index < -0.39 is 0 Å². The average molecular weight is 336 g/mol. The summed E-state index contributed by atoms with van der Waals surface area (Å²) in [6, 6.07) is 25.9. The van der Waals surface area contributed by atoms with Crippen LogP contribution >= 0.6 is 0 Å². The molecule has 3 aromatic carbocycles. The molecule has 0 atom stereocenters. The highest BCUT2D eigenvalue weighted by molar-refractivity contribution is 6.10. The number of rotatable bonds is 3. The lowest BCUT2D eigenvalue weighted by molar-refractivity contribution is 1.02. The van der Waals surface area contributed by atoms with E-state index in [1.54, 1.807) is 0 Å². The predicted octanol–water partition coefficient (Wildman–Crippen LogP) is 6.43. The summed E-state index contributed by atoms with van der Waals surface area (Å²) in [6.07, 6.45) is 8.89. The van der Waals surface area contributed by atoms with Gasteiger partial charge in [-0.05, 0) is 55.3 Å². The molecule has 2 nitrogen and oxygen atoms in total. The van der Waals surface area contributed by atoms with Crippen molar-refractivity contribution in [1.29, 1.82) is 0 Å². The lowest BCUT2D eigenvalue weighted by Gasteiger charge is -2.11. The van der Waals surface area contributed by atoms with Gasteiger partial charge in [0.2, 0.25) is 0 Å². The van der Waals surface area contributed by atoms with Crippen molar-refractivity contribution in [2.75, 3.05) is 5.32 Å². The smallest absolute Gasteiger partial charge is 0.0542 e. The summed E-state index contributed by atoms with van der Waals surface area (Å²) in [7, 11) is 0. The van der Waals surface area contributed by atoms with Crippen molar-refractivity contribution in [3.63, 3.8) is 0 Å². The molecule has 0 fully saturated rings. The SMILES string of the molecule is C1=CC(Nc2ccc3c(c2)c2ccccc2n3-c2ccccc2)=CCC1. The highest BCUT2D eigenvalue weighted by atomic mass is 15.0. The molecule has 2 heteroatoms. The van der Waals surface area contributed by atoms with Crippen molar-refractivity contribution >= 4 is 27.5 Å². The maximum absolute atomic E-state index is 3.55. The predicted molar refractivity (Wildman–Crippen MR) is 111 cm³/mol. The van der Waals surface area contributed by atoms with Crippen molar-refractivity contribution in [3.8, 4) is 5.69 Å². The minimum Gasteiger partial charge on any atom is -0.356 e. The summed E-state index contributed by atoms with van der Waals surface area (Å²) in [6.45, 7) is 0. The second-order valence-corrected chi connectivity index (χ2v) is 6.68. The van der Waals surface area contributed by atoms with Crippen LogP contribution in [0.4, 0.5) is 5.69 Å². The van der Waals surface area contributed by atoms with E-state index in [2.05, 4.69) is 101 Å². The Morgan fingerprint density at radius 2 is 1.54 bits per heavy atom. The van der Waals surface area contributed by atoms with Crippen LogP contribution in [-0.2, 0) is 0 Å². The maximum Gasteiger partial charge on any atom is 0.0542 e. The fourth-order valence-electron chi connectivity index (χ4n) is 3.78. The van der Waals surface area contributed by atoms with E-state index in [9.17, 15) is 0 Å². The van der Waals surface area contributed by atoms with Gasteiger partial charge in [0.15, 0.2) is 0 Å². The number of nitrogens with zero attached hydrogens (tertiary/aromatic N) is 1. The molecule has 0 bridgehead atoms. The highest BCUT2D eigenvalue weighted by Gasteiger charge is 2.12. The van der Waals surface area contributed by atoms with Crippen LogP contribution in [0.2, 0.25) is 0 Å². The lowest BCUT2D eigenvalue weighted by atomic mass is 10.1. The number of hydrogen-bond donors (Lipinski definition) is 1. The van der Waals surface area contributed by atoms with Gasteiger partial charge in [0.05, 0.1) is 11.0 Å². The van der Waals surface area contributed by atoms with Gasteiger partial charge < -0.3 is 9.88 Å². The van der Waals surface area contributed by atoms with Crippen LogP contribution in [-0.4, -0.2) is 4.57 Å². The van der Waals surface area contributed by atoms with Crippen molar-refractivity contribution in [2.45, 2.75) is 12.8 Å². The summed E-state index contributed by atoms with van der Waals surface area (Å²) < 4.78 is 2.34. The van der Waals surface area contributed by atoms with Gasteiger partial charge in [-0.2, -0.15) is 0 Å². The van der Waals surface area contributed by atoms with Crippen molar-refractivity contribution in [3.05, 3.63) is 96.7 Å². The van der Waals surface area contributed by atoms with Gasteiger partial charge in [0, 0.05) is 27.8 Å². The highest BCUT2D eigenvalue weighted by Crippen LogP contribution is 2.33. The summed E-state index contributed by atoms with van der Waals surface area (Å²) in [5, 5.41) is 6.11.